The fourth-order valence-electron chi connectivity index (χ4n) is 3.80. The third-order valence-electron chi connectivity index (χ3n) is 5.56. The van der Waals surface area contributed by atoms with E-state index >= 15 is 0 Å². The molecule has 4 aromatic heterocycles. The van der Waals surface area contributed by atoms with Gasteiger partial charge in [-0.05, 0) is 37.1 Å². The molecule has 8 nitrogen and oxygen atoms in total. The maximum absolute atomic E-state index is 13.9. The predicted molar refractivity (Wildman–Crippen MR) is 117 cm³/mol. The van der Waals surface area contributed by atoms with E-state index in [9.17, 15) is 26.3 Å². The summed E-state index contributed by atoms with van der Waals surface area (Å²) in [6, 6.07) is 4.46. The minimum Gasteiger partial charge on any atom is -0.355 e. The molecule has 1 fully saturated rings. The van der Waals surface area contributed by atoms with Crippen LogP contribution in [-0.2, 0) is 12.4 Å². The quantitative estimate of drug-likeness (QED) is 0.375. The first-order chi connectivity index (χ1) is 17.1. The fourth-order valence-corrected chi connectivity index (χ4v) is 3.80. The number of halogens is 6. The van der Waals surface area contributed by atoms with Gasteiger partial charge >= 0.3 is 12.4 Å². The number of anilines is 3. The van der Waals surface area contributed by atoms with Gasteiger partial charge in [-0.3, -0.25) is 0 Å². The van der Waals surface area contributed by atoms with Gasteiger partial charge in [0.25, 0.3) is 0 Å². The number of hydrogen-bond acceptors (Lipinski definition) is 8. The molecule has 0 bridgehead atoms. The Bertz CT molecular complexity index is 1400. The molecule has 1 aliphatic heterocycles. The molecule has 14 heteroatoms. The molecule has 0 spiro atoms. The molecule has 1 saturated heterocycles. The second-order valence-electron chi connectivity index (χ2n) is 8.00. The number of fused-ring (bicyclic) bond motifs is 1. The van der Waals surface area contributed by atoms with Crippen LogP contribution in [-0.4, -0.2) is 43.2 Å². The van der Waals surface area contributed by atoms with Crippen LogP contribution < -0.4 is 10.2 Å². The Kier molecular flexibility index (Phi) is 5.80. The number of nitrogens with one attached hydrogen (secondary N) is 1. The summed E-state index contributed by atoms with van der Waals surface area (Å²) in [5, 5.41) is 10.6. The molecule has 0 saturated carbocycles. The average molecular weight is 506 g/mol. The summed E-state index contributed by atoms with van der Waals surface area (Å²) >= 11 is 0. The first kappa shape index (κ1) is 23.6. The molecule has 5 heterocycles. The number of nitrogens with zero attached hydrogens (tertiary/aromatic N) is 7. The van der Waals surface area contributed by atoms with Crippen molar-refractivity contribution in [3.05, 3.63) is 54.0 Å². The van der Waals surface area contributed by atoms with Crippen LogP contribution in [0.2, 0.25) is 0 Å². The number of pyridine rings is 2. The molecular formula is C22H16F6N8. The van der Waals surface area contributed by atoms with Crippen molar-refractivity contribution in [1.29, 1.82) is 0 Å². The monoisotopic (exact) mass is 506 g/mol. The molecule has 0 radical (unpaired) electrons. The van der Waals surface area contributed by atoms with Crippen LogP contribution in [0.3, 0.4) is 0 Å². The van der Waals surface area contributed by atoms with Gasteiger partial charge in [-0.1, -0.05) is 0 Å². The van der Waals surface area contributed by atoms with Gasteiger partial charge in [-0.2, -0.15) is 26.3 Å². The minimum absolute atomic E-state index is 0.00274. The molecule has 186 valence electrons. The van der Waals surface area contributed by atoms with Gasteiger partial charge in [0.2, 0.25) is 0 Å². The Morgan fingerprint density at radius 1 is 0.833 bits per heavy atom. The van der Waals surface area contributed by atoms with Crippen molar-refractivity contribution in [2.75, 3.05) is 23.3 Å². The third kappa shape index (κ3) is 4.70. The standard InChI is InChI=1S/C22H16F6N8/c23-21(24,25)12-3-4-16(30-10-12)32-14-5-6-29-20-19(14)31-11-15(33-20)18-13(22(26,27)28)9-17(34-35-18)36-7-1-2-8-36/h3-6,9-11H,1-2,7-8H2,(H,29,30,32,33). The highest BCUT2D eigenvalue weighted by molar-refractivity contribution is 5.87. The smallest absolute Gasteiger partial charge is 0.355 e. The van der Waals surface area contributed by atoms with E-state index in [4.69, 9.17) is 0 Å². The van der Waals surface area contributed by atoms with Gasteiger partial charge in [0.15, 0.2) is 11.5 Å². The van der Waals surface area contributed by atoms with Gasteiger partial charge in [0.05, 0.1) is 23.0 Å². The van der Waals surface area contributed by atoms with E-state index in [0.29, 0.717) is 25.0 Å². The minimum atomic E-state index is -4.71. The lowest BCUT2D eigenvalue weighted by molar-refractivity contribution is -0.138. The zero-order chi connectivity index (χ0) is 25.5. The second-order valence-corrected chi connectivity index (χ2v) is 8.00. The fraction of sp³-hybridized carbons (Fsp3) is 0.273. The van der Waals surface area contributed by atoms with E-state index in [1.54, 1.807) is 4.90 Å². The summed E-state index contributed by atoms with van der Waals surface area (Å²) in [5.41, 5.74) is -2.07. The van der Waals surface area contributed by atoms with E-state index in [1.807, 2.05) is 0 Å². The molecule has 0 aromatic carbocycles. The maximum Gasteiger partial charge on any atom is 0.418 e. The highest BCUT2D eigenvalue weighted by atomic mass is 19.4. The Morgan fingerprint density at radius 3 is 2.28 bits per heavy atom. The number of alkyl halides is 6. The molecular weight excluding hydrogens is 490 g/mol. The van der Waals surface area contributed by atoms with E-state index in [1.165, 1.54) is 12.3 Å². The Labute approximate surface area is 199 Å². The number of rotatable bonds is 4. The van der Waals surface area contributed by atoms with Gasteiger partial charge in [0.1, 0.15) is 22.7 Å². The van der Waals surface area contributed by atoms with Gasteiger partial charge in [-0.15, -0.1) is 10.2 Å². The van der Waals surface area contributed by atoms with E-state index in [2.05, 4.69) is 35.5 Å². The Hall–Kier alpha value is -4.10. The van der Waals surface area contributed by atoms with E-state index < -0.39 is 29.2 Å². The van der Waals surface area contributed by atoms with Crippen molar-refractivity contribution in [2.24, 2.45) is 0 Å². The molecule has 4 aromatic rings. The molecule has 0 amide bonds. The maximum atomic E-state index is 13.9. The topological polar surface area (TPSA) is 92.6 Å². The van der Waals surface area contributed by atoms with Crippen molar-refractivity contribution >= 4 is 28.5 Å². The van der Waals surface area contributed by atoms with Crippen molar-refractivity contribution in [2.45, 2.75) is 25.2 Å². The van der Waals surface area contributed by atoms with Crippen LogP contribution in [0, 0.1) is 0 Å². The number of hydrogen-bond donors (Lipinski definition) is 1. The van der Waals surface area contributed by atoms with Crippen LogP contribution in [0.5, 0.6) is 0 Å². The predicted octanol–water partition coefficient (Wildman–Crippen LogP) is 5.26. The summed E-state index contributed by atoms with van der Waals surface area (Å²) < 4.78 is 80.0. The van der Waals surface area contributed by atoms with E-state index in [-0.39, 0.29) is 28.5 Å². The van der Waals surface area contributed by atoms with Crippen LogP contribution in [0.15, 0.2) is 42.9 Å². The zero-order valence-corrected chi connectivity index (χ0v) is 18.3. The summed E-state index contributed by atoms with van der Waals surface area (Å²) in [6.07, 6.45) is -4.37. The normalized spacial score (nSPS) is 14.4. The first-order valence-electron chi connectivity index (χ1n) is 10.7. The Balaban J connectivity index is 1.49. The van der Waals surface area contributed by atoms with Crippen molar-refractivity contribution in [3.63, 3.8) is 0 Å². The number of aromatic nitrogens is 6. The first-order valence-corrected chi connectivity index (χ1v) is 10.7. The molecule has 1 aliphatic rings. The van der Waals surface area contributed by atoms with Crippen LogP contribution in [0.4, 0.5) is 43.7 Å². The Morgan fingerprint density at radius 2 is 1.61 bits per heavy atom. The highest BCUT2D eigenvalue weighted by Crippen LogP contribution is 2.37. The van der Waals surface area contributed by atoms with Crippen molar-refractivity contribution < 1.29 is 26.3 Å². The lowest BCUT2D eigenvalue weighted by Gasteiger charge is -2.18. The molecule has 0 unspecified atom stereocenters. The summed E-state index contributed by atoms with van der Waals surface area (Å²) in [4.78, 5) is 17.9. The van der Waals surface area contributed by atoms with Crippen molar-refractivity contribution in [3.8, 4) is 11.4 Å². The molecule has 0 atom stereocenters. The van der Waals surface area contributed by atoms with Crippen LogP contribution in [0.1, 0.15) is 24.0 Å². The molecule has 36 heavy (non-hydrogen) atoms. The van der Waals surface area contributed by atoms with Crippen LogP contribution >= 0.6 is 0 Å². The summed E-state index contributed by atoms with van der Waals surface area (Å²) in [6.45, 7) is 1.21. The lowest BCUT2D eigenvalue weighted by atomic mass is 10.1. The largest absolute Gasteiger partial charge is 0.418 e. The SMILES string of the molecule is FC(F)(F)c1ccc(Nc2ccnc3nc(-c4nnc(N5CCCC5)cc4C(F)(F)F)cnc23)nc1. The zero-order valence-electron chi connectivity index (χ0n) is 18.3. The molecule has 5 rings (SSSR count). The highest BCUT2D eigenvalue weighted by Gasteiger charge is 2.37. The van der Waals surface area contributed by atoms with Gasteiger partial charge < -0.3 is 10.2 Å². The van der Waals surface area contributed by atoms with Gasteiger partial charge in [0, 0.05) is 25.5 Å². The average Bonchev–Trinajstić information content (AvgIpc) is 3.38. The molecule has 0 aliphatic carbocycles. The van der Waals surface area contributed by atoms with E-state index in [0.717, 1.165) is 37.2 Å². The lowest BCUT2D eigenvalue weighted by Crippen LogP contribution is -2.21. The van der Waals surface area contributed by atoms with Gasteiger partial charge in [-0.25, -0.2) is 19.9 Å². The van der Waals surface area contributed by atoms with Crippen molar-refractivity contribution in [1.82, 2.24) is 30.1 Å². The third-order valence-corrected chi connectivity index (χ3v) is 5.56. The summed E-state index contributed by atoms with van der Waals surface area (Å²) in [7, 11) is 0. The van der Waals surface area contributed by atoms with Crippen LogP contribution in [0.25, 0.3) is 22.6 Å². The summed E-state index contributed by atoms with van der Waals surface area (Å²) in [5.74, 6) is 0.245. The second kappa shape index (κ2) is 8.84. The molecule has 1 N–H and O–H groups in total.